The maximum absolute atomic E-state index is 11.2. The maximum atomic E-state index is 11.2. The molecule has 0 amide bonds. The van der Waals surface area contributed by atoms with Gasteiger partial charge < -0.3 is 20.1 Å². The molecule has 0 spiro atoms. The van der Waals surface area contributed by atoms with Crippen molar-refractivity contribution in [2.75, 3.05) is 0 Å². The first-order chi connectivity index (χ1) is 13.8. The van der Waals surface area contributed by atoms with E-state index in [-0.39, 0.29) is 11.3 Å². The van der Waals surface area contributed by atoms with Crippen LogP contribution in [0.25, 0.3) is 0 Å². The molecule has 0 heterocycles. The summed E-state index contributed by atoms with van der Waals surface area (Å²) in [5.41, 5.74) is 1.17. The lowest BCUT2D eigenvalue weighted by Crippen LogP contribution is -2.37. The van der Waals surface area contributed by atoms with Gasteiger partial charge in [-0.15, -0.1) is 0 Å². The van der Waals surface area contributed by atoms with Crippen LogP contribution in [0.4, 0.5) is 0 Å². The number of aliphatic carboxylic acids is 1. The quantitative estimate of drug-likeness (QED) is 0.529. The van der Waals surface area contributed by atoms with Gasteiger partial charge >= 0.3 is 5.97 Å². The summed E-state index contributed by atoms with van der Waals surface area (Å²) in [5.74, 6) is -3.09. The summed E-state index contributed by atoms with van der Waals surface area (Å²) in [6.45, 7) is 10.8. The molecule has 0 radical (unpaired) electrons. The van der Waals surface area contributed by atoms with Crippen LogP contribution in [0.3, 0.4) is 0 Å². The lowest BCUT2D eigenvalue weighted by atomic mass is 9.73. The van der Waals surface area contributed by atoms with Crippen LogP contribution >= 0.6 is 0 Å². The fraction of sp³-hybridized carbons (Fsp3) is 0.480. The SMILES string of the molecule is CC(O)(O)OC(C)(C)c1ccccc1.CCC(C(=O)O)C(C)(C)Cc1ccccc1. The Labute approximate surface area is 180 Å². The molecule has 0 bridgehead atoms. The predicted octanol–water partition coefficient (Wildman–Crippen LogP) is 4.96. The molecular weight excluding hydrogens is 380 g/mol. The molecule has 2 aromatic carbocycles. The van der Waals surface area contributed by atoms with Crippen LogP contribution in [0.15, 0.2) is 60.7 Å². The topological polar surface area (TPSA) is 87.0 Å². The van der Waals surface area contributed by atoms with Crippen LogP contribution in [0.5, 0.6) is 0 Å². The standard InChI is InChI=1S/C14H20O2.C11H16O3/c1-4-12(13(15)16)14(2,3)10-11-8-6-5-7-9-11;1-10(2,14-11(3,12)13)9-7-5-4-6-8-9/h5-9,12H,4,10H2,1-3H3,(H,15,16);4-8,12-13H,1-3H3. The zero-order chi connectivity index (χ0) is 23.0. The summed E-state index contributed by atoms with van der Waals surface area (Å²) < 4.78 is 5.12. The highest BCUT2D eigenvalue weighted by molar-refractivity contribution is 5.71. The Morgan fingerprint density at radius 3 is 1.77 bits per heavy atom. The lowest BCUT2D eigenvalue weighted by molar-refractivity contribution is -0.363. The van der Waals surface area contributed by atoms with Crippen molar-refractivity contribution in [2.45, 2.75) is 66.0 Å². The summed E-state index contributed by atoms with van der Waals surface area (Å²) in [4.78, 5) is 11.2. The number of hydrogen-bond donors (Lipinski definition) is 3. The van der Waals surface area contributed by atoms with Crippen LogP contribution < -0.4 is 0 Å². The van der Waals surface area contributed by atoms with Crippen molar-refractivity contribution in [3.63, 3.8) is 0 Å². The minimum absolute atomic E-state index is 0.206. The minimum Gasteiger partial charge on any atom is -0.481 e. The highest BCUT2D eigenvalue weighted by atomic mass is 16.8. The Bertz CT molecular complexity index is 761. The number of hydrogen-bond acceptors (Lipinski definition) is 4. The number of carbonyl (C=O) groups is 1. The van der Waals surface area contributed by atoms with Crippen LogP contribution in [-0.2, 0) is 21.6 Å². The smallest absolute Gasteiger partial charge is 0.307 e. The van der Waals surface area contributed by atoms with E-state index in [1.165, 1.54) is 12.5 Å². The molecule has 0 aromatic heterocycles. The van der Waals surface area contributed by atoms with Gasteiger partial charge in [0.15, 0.2) is 0 Å². The average Bonchev–Trinajstić information content (AvgIpc) is 2.61. The van der Waals surface area contributed by atoms with Gasteiger partial charge in [0.2, 0.25) is 0 Å². The molecule has 0 aliphatic heterocycles. The van der Waals surface area contributed by atoms with E-state index in [9.17, 15) is 9.90 Å². The summed E-state index contributed by atoms with van der Waals surface area (Å²) in [6, 6.07) is 19.5. The molecular formula is C25H36O5. The van der Waals surface area contributed by atoms with Crippen molar-refractivity contribution in [1.82, 2.24) is 0 Å². The molecule has 0 saturated carbocycles. The van der Waals surface area contributed by atoms with Crippen molar-refractivity contribution in [3.8, 4) is 0 Å². The molecule has 2 rings (SSSR count). The van der Waals surface area contributed by atoms with E-state index in [1.807, 2.05) is 69.3 Å². The van der Waals surface area contributed by atoms with E-state index in [0.717, 1.165) is 12.0 Å². The van der Waals surface area contributed by atoms with E-state index in [0.29, 0.717) is 6.42 Å². The predicted molar refractivity (Wildman–Crippen MR) is 119 cm³/mol. The Balaban J connectivity index is 0.000000303. The normalized spacial score (nSPS) is 13.2. The zero-order valence-corrected chi connectivity index (χ0v) is 18.9. The van der Waals surface area contributed by atoms with Crippen molar-refractivity contribution >= 4 is 5.97 Å². The van der Waals surface area contributed by atoms with Crippen molar-refractivity contribution in [1.29, 1.82) is 0 Å². The third-order valence-corrected chi connectivity index (χ3v) is 5.07. The number of ether oxygens (including phenoxy) is 1. The number of benzene rings is 2. The second-order valence-electron chi connectivity index (χ2n) is 8.86. The zero-order valence-electron chi connectivity index (χ0n) is 18.9. The van der Waals surface area contributed by atoms with Crippen LogP contribution in [0.1, 0.15) is 59.1 Å². The van der Waals surface area contributed by atoms with Gasteiger partial charge in [-0.2, -0.15) is 0 Å². The van der Waals surface area contributed by atoms with E-state index in [4.69, 9.17) is 14.9 Å². The molecule has 0 aliphatic rings. The Kier molecular flexibility index (Phi) is 9.22. The van der Waals surface area contributed by atoms with Crippen LogP contribution in [0.2, 0.25) is 0 Å². The van der Waals surface area contributed by atoms with Crippen LogP contribution in [0, 0.1) is 11.3 Å². The molecule has 1 unspecified atom stereocenters. The van der Waals surface area contributed by atoms with Crippen molar-refractivity contribution in [3.05, 3.63) is 71.8 Å². The van der Waals surface area contributed by atoms with Gasteiger partial charge in [0.1, 0.15) is 0 Å². The second kappa shape index (κ2) is 10.7. The van der Waals surface area contributed by atoms with Crippen molar-refractivity contribution < 1.29 is 24.9 Å². The van der Waals surface area contributed by atoms with E-state index >= 15 is 0 Å². The van der Waals surface area contributed by atoms with E-state index < -0.39 is 17.5 Å². The molecule has 0 aliphatic carbocycles. The highest BCUT2D eigenvalue weighted by Gasteiger charge is 2.33. The summed E-state index contributed by atoms with van der Waals surface area (Å²) in [7, 11) is 0. The Morgan fingerprint density at radius 2 is 1.37 bits per heavy atom. The molecule has 5 nitrogen and oxygen atoms in total. The molecule has 166 valence electrons. The highest BCUT2D eigenvalue weighted by Crippen LogP contribution is 2.33. The van der Waals surface area contributed by atoms with Gasteiger partial charge in [-0.05, 0) is 43.2 Å². The molecule has 1 atom stereocenters. The molecule has 5 heteroatoms. The molecule has 0 saturated heterocycles. The van der Waals surface area contributed by atoms with Gasteiger partial charge in [-0.1, -0.05) is 81.4 Å². The molecule has 0 fully saturated rings. The lowest BCUT2D eigenvalue weighted by Gasteiger charge is -2.31. The average molecular weight is 417 g/mol. The first-order valence-electron chi connectivity index (χ1n) is 10.3. The monoisotopic (exact) mass is 416 g/mol. The van der Waals surface area contributed by atoms with Gasteiger partial charge in [0.25, 0.3) is 5.97 Å². The minimum atomic E-state index is -2.11. The Hall–Kier alpha value is -2.21. The number of aliphatic hydroxyl groups is 2. The number of carboxylic acids is 1. The molecule has 3 N–H and O–H groups in total. The molecule has 30 heavy (non-hydrogen) atoms. The van der Waals surface area contributed by atoms with E-state index in [1.54, 1.807) is 13.8 Å². The van der Waals surface area contributed by atoms with Gasteiger partial charge in [0.05, 0.1) is 11.5 Å². The largest absolute Gasteiger partial charge is 0.481 e. The fourth-order valence-electron chi connectivity index (χ4n) is 3.69. The summed E-state index contributed by atoms with van der Waals surface area (Å²) in [5, 5.41) is 27.5. The van der Waals surface area contributed by atoms with Crippen molar-refractivity contribution in [2.24, 2.45) is 11.3 Å². The summed E-state index contributed by atoms with van der Waals surface area (Å²) in [6.07, 6.45) is 1.48. The Morgan fingerprint density at radius 1 is 0.900 bits per heavy atom. The van der Waals surface area contributed by atoms with Gasteiger partial charge in [-0.3, -0.25) is 4.79 Å². The number of rotatable bonds is 8. The fourth-order valence-corrected chi connectivity index (χ4v) is 3.69. The first kappa shape index (κ1) is 25.8. The first-order valence-corrected chi connectivity index (χ1v) is 10.3. The van der Waals surface area contributed by atoms with Gasteiger partial charge in [-0.25, -0.2) is 0 Å². The van der Waals surface area contributed by atoms with Crippen LogP contribution in [-0.4, -0.2) is 27.3 Å². The van der Waals surface area contributed by atoms with Gasteiger partial charge in [0, 0.05) is 6.92 Å². The summed E-state index contributed by atoms with van der Waals surface area (Å²) >= 11 is 0. The third-order valence-electron chi connectivity index (χ3n) is 5.07. The number of carboxylic acid groups (broad SMARTS) is 1. The second-order valence-corrected chi connectivity index (χ2v) is 8.86. The third kappa shape index (κ3) is 8.66. The van der Waals surface area contributed by atoms with E-state index in [2.05, 4.69) is 12.1 Å². The maximum Gasteiger partial charge on any atom is 0.307 e. The molecule has 2 aromatic rings.